The molecule has 0 saturated carbocycles. The SMILES string of the molecule is Oc1c(Cc2ccccc2Cc2ccc3ccccc3c2O)ccc2ccccc12. The van der Waals surface area contributed by atoms with Crippen LogP contribution >= 0.6 is 0 Å². The Kier molecular flexibility index (Phi) is 4.61. The molecule has 0 heterocycles. The molecule has 0 aliphatic rings. The van der Waals surface area contributed by atoms with Gasteiger partial charge in [-0.3, -0.25) is 0 Å². The van der Waals surface area contributed by atoms with Gasteiger partial charge in [-0.1, -0.05) is 97.1 Å². The molecule has 2 N–H and O–H groups in total. The zero-order chi connectivity index (χ0) is 20.5. The highest BCUT2D eigenvalue weighted by molar-refractivity contribution is 5.90. The van der Waals surface area contributed by atoms with Gasteiger partial charge < -0.3 is 10.2 Å². The van der Waals surface area contributed by atoms with E-state index in [2.05, 4.69) is 24.3 Å². The van der Waals surface area contributed by atoms with Crippen molar-refractivity contribution in [1.82, 2.24) is 0 Å². The number of fused-ring (bicyclic) bond motifs is 2. The second kappa shape index (κ2) is 7.57. The van der Waals surface area contributed by atoms with E-state index >= 15 is 0 Å². The minimum absolute atomic E-state index is 0.344. The standard InChI is InChI=1S/C28H22O2/c29-27-23(15-13-19-7-3-5-11-25(19)27)17-21-9-1-2-10-22(21)18-24-16-14-20-8-4-6-12-26(20)28(24)30/h1-16,29-30H,17-18H2. The summed E-state index contributed by atoms with van der Waals surface area (Å²) in [5.74, 6) is 0.688. The maximum Gasteiger partial charge on any atom is 0.126 e. The molecule has 2 heteroatoms. The zero-order valence-electron chi connectivity index (χ0n) is 16.5. The molecule has 0 aliphatic heterocycles. The number of aromatic hydroxyl groups is 2. The summed E-state index contributed by atoms with van der Waals surface area (Å²) < 4.78 is 0. The summed E-state index contributed by atoms with van der Waals surface area (Å²) in [5, 5.41) is 25.4. The first-order chi connectivity index (χ1) is 14.7. The van der Waals surface area contributed by atoms with Crippen LogP contribution < -0.4 is 0 Å². The summed E-state index contributed by atoms with van der Waals surface area (Å²) in [6, 6.07) is 32.1. The van der Waals surface area contributed by atoms with E-state index in [-0.39, 0.29) is 0 Å². The number of rotatable bonds is 4. The highest BCUT2D eigenvalue weighted by Gasteiger charge is 2.12. The lowest BCUT2D eigenvalue weighted by molar-refractivity contribution is 0.474. The molecule has 0 amide bonds. The van der Waals surface area contributed by atoms with Crippen molar-refractivity contribution in [3.05, 3.63) is 119 Å². The largest absolute Gasteiger partial charge is 0.507 e. The van der Waals surface area contributed by atoms with Gasteiger partial charge >= 0.3 is 0 Å². The molecule has 2 nitrogen and oxygen atoms in total. The van der Waals surface area contributed by atoms with Crippen molar-refractivity contribution < 1.29 is 10.2 Å². The van der Waals surface area contributed by atoms with E-state index in [1.54, 1.807) is 0 Å². The first-order valence-corrected chi connectivity index (χ1v) is 10.2. The van der Waals surface area contributed by atoms with Crippen molar-refractivity contribution in [2.75, 3.05) is 0 Å². The summed E-state index contributed by atoms with van der Waals surface area (Å²) in [7, 11) is 0. The van der Waals surface area contributed by atoms with Gasteiger partial charge in [0.1, 0.15) is 11.5 Å². The predicted molar refractivity (Wildman–Crippen MR) is 123 cm³/mol. The normalized spacial score (nSPS) is 11.2. The summed E-state index contributed by atoms with van der Waals surface area (Å²) in [6.45, 7) is 0. The molecule has 0 bridgehead atoms. The van der Waals surface area contributed by atoms with E-state index < -0.39 is 0 Å². The van der Waals surface area contributed by atoms with Crippen LogP contribution in [-0.2, 0) is 12.8 Å². The van der Waals surface area contributed by atoms with E-state index in [4.69, 9.17) is 0 Å². The second-order valence-electron chi connectivity index (χ2n) is 7.71. The lowest BCUT2D eigenvalue weighted by Crippen LogP contribution is -1.98. The molecule has 0 atom stereocenters. The lowest BCUT2D eigenvalue weighted by Gasteiger charge is -2.14. The van der Waals surface area contributed by atoms with Gasteiger partial charge in [0.15, 0.2) is 0 Å². The molecule has 30 heavy (non-hydrogen) atoms. The van der Waals surface area contributed by atoms with Crippen LogP contribution in [-0.4, -0.2) is 10.2 Å². The van der Waals surface area contributed by atoms with E-state index in [1.807, 2.05) is 72.8 Å². The molecule has 0 aliphatic carbocycles. The van der Waals surface area contributed by atoms with Gasteiger partial charge in [0.2, 0.25) is 0 Å². The van der Waals surface area contributed by atoms with E-state index in [1.165, 1.54) is 0 Å². The fourth-order valence-electron chi connectivity index (χ4n) is 4.20. The van der Waals surface area contributed by atoms with Gasteiger partial charge in [-0.05, 0) is 33.0 Å². The van der Waals surface area contributed by atoms with Crippen LogP contribution in [0.5, 0.6) is 11.5 Å². The third-order valence-electron chi connectivity index (χ3n) is 5.85. The smallest absolute Gasteiger partial charge is 0.126 e. The van der Waals surface area contributed by atoms with Crippen molar-refractivity contribution in [3.8, 4) is 11.5 Å². The minimum atomic E-state index is 0.344. The Morgan fingerprint density at radius 1 is 0.400 bits per heavy atom. The Morgan fingerprint density at radius 3 is 1.27 bits per heavy atom. The summed E-state index contributed by atoms with van der Waals surface area (Å²) in [5.41, 5.74) is 4.11. The molecule has 5 aromatic carbocycles. The van der Waals surface area contributed by atoms with Crippen molar-refractivity contribution in [1.29, 1.82) is 0 Å². The molecule has 0 fully saturated rings. The zero-order valence-corrected chi connectivity index (χ0v) is 16.5. The fourth-order valence-corrected chi connectivity index (χ4v) is 4.20. The molecular weight excluding hydrogens is 368 g/mol. The Bertz CT molecular complexity index is 1260. The molecule has 5 rings (SSSR count). The van der Waals surface area contributed by atoms with Crippen LogP contribution in [0, 0.1) is 0 Å². The third kappa shape index (κ3) is 3.27. The van der Waals surface area contributed by atoms with E-state index in [9.17, 15) is 10.2 Å². The highest BCUT2D eigenvalue weighted by atomic mass is 16.3. The minimum Gasteiger partial charge on any atom is -0.507 e. The number of hydrogen-bond donors (Lipinski definition) is 2. The molecule has 5 aromatic rings. The Labute approximate surface area is 175 Å². The monoisotopic (exact) mass is 390 g/mol. The number of phenols is 2. The van der Waals surface area contributed by atoms with Crippen molar-refractivity contribution in [2.45, 2.75) is 12.8 Å². The van der Waals surface area contributed by atoms with Crippen LogP contribution in [0.3, 0.4) is 0 Å². The molecule has 146 valence electrons. The molecule has 0 radical (unpaired) electrons. The van der Waals surface area contributed by atoms with Crippen molar-refractivity contribution >= 4 is 21.5 Å². The van der Waals surface area contributed by atoms with Gasteiger partial charge in [0.05, 0.1) is 0 Å². The summed E-state index contributed by atoms with van der Waals surface area (Å²) in [4.78, 5) is 0. The molecule has 0 unspecified atom stereocenters. The third-order valence-corrected chi connectivity index (χ3v) is 5.85. The lowest BCUT2D eigenvalue weighted by atomic mass is 9.92. The Balaban J connectivity index is 1.51. The number of benzene rings is 5. The first-order valence-electron chi connectivity index (χ1n) is 10.2. The van der Waals surface area contributed by atoms with Crippen LogP contribution in [0.1, 0.15) is 22.3 Å². The van der Waals surface area contributed by atoms with Gasteiger partial charge in [-0.15, -0.1) is 0 Å². The van der Waals surface area contributed by atoms with Crippen molar-refractivity contribution in [2.24, 2.45) is 0 Å². The molecule has 0 aromatic heterocycles. The molecule has 0 spiro atoms. The predicted octanol–water partition coefficient (Wildman–Crippen LogP) is 6.59. The number of hydrogen-bond acceptors (Lipinski definition) is 2. The Morgan fingerprint density at radius 2 is 0.800 bits per heavy atom. The van der Waals surface area contributed by atoms with Gasteiger partial charge in [0.25, 0.3) is 0 Å². The first kappa shape index (κ1) is 18.3. The van der Waals surface area contributed by atoms with Crippen LogP contribution in [0.2, 0.25) is 0 Å². The highest BCUT2D eigenvalue weighted by Crippen LogP contribution is 2.33. The average Bonchev–Trinajstić information content (AvgIpc) is 2.79. The van der Waals surface area contributed by atoms with Crippen LogP contribution in [0.15, 0.2) is 97.1 Å². The summed E-state index contributed by atoms with van der Waals surface area (Å²) >= 11 is 0. The average molecular weight is 390 g/mol. The maximum absolute atomic E-state index is 10.8. The van der Waals surface area contributed by atoms with Crippen LogP contribution in [0.4, 0.5) is 0 Å². The summed E-state index contributed by atoms with van der Waals surface area (Å²) in [6.07, 6.45) is 1.28. The molecular formula is C28H22O2. The topological polar surface area (TPSA) is 40.5 Å². The van der Waals surface area contributed by atoms with E-state index in [0.717, 1.165) is 43.8 Å². The fraction of sp³-hybridized carbons (Fsp3) is 0.0714. The second-order valence-corrected chi connectivity index (χ2v) is 7.71. The van der Waals surface area contributed by atoms with Crippen molar-refractivity contribution in [3.63, 3.8) is 0 Å². The van der Waals surface area contributed by atoms with Gasteiger partial charge in [-0.25, -0.2) is 0 Å². The quantitative estimate of drug-likeness (QED) is 0.364. The number of phenolic OH excluding ortho intramolecular Hbond substituents is 2. The maximum atomic E-state index is 10.8. The van der Waals surface area contributed by atoms with Gasteiger partial charge in [-0.2, -0.15) is 0 Å². The van der Waals surface area contributed by atoms with E-state index in [0.29, 0.717) is 24.3 Å². The van der Waals surface area contributed by atoms with Gasteiger partial charge in [0, 0.05) is 23.6 Å². The Hall–Kier alpha value is -3.78. The van der Waals surface area contributed by atoms with Crippen LogP contribution in [0.25, 0.3) is 21.5 Å². The molecule has 0 saturated heterocycles.